The van der Waals surface area contributed by atoms with E-state index in [0.717, 1.165) is 5.56 Å². The highest BCUT2D eigenvalue weighted by atomic mass is 35.5. The first-order chi connectivity index (χ1) is 5.16. The van der Waals surface area contributed by atoms with Crippen molar-refractivity contribution in [2.45, 2.75) is 13.6 Å². The lowest BCUT2D eigenvalue weighted by atomic mass is 10.1. The second kappa shape index (κ2) is 3.42. The molecule has 0 bridgehead atoms. The van der Waals surface area contributed by atoms with Crippen LogP contribution in [-0.4, -0.2) is 0 Å². The summed E-state index contributed by atoms with van der Waals surface area (Å²) in [6.07, 6.45) is 0. The van der Waals surface area contributed by atoms with Crippen LogP contribution in [0.2, 0.25) is 10.0 Å². The Bertz CT molecular complexity index is 271. The molecule has 0 aliphatic heterocycles. The van der Waals surface area contributed by atoms with Crippen LogP contribution in [0.4, 0.5) is 4.39 Å². The third-order valence-electron chi connectivity index (χ3n) is 1.60. The fraction of sp³-hybridized carbons (Fsp3) is 0.250. The SMILES string of the molecule is Cc1c(CF)ccc(Cl)c1Cl. The molecule has 0 aromatic heterocycles. The van der Waals surface area contributed by atoms with Gasteiger partial charge in [-0.15, -0.1) is 0 Å². The van der Waals surface area contributed by atoms with Gasteiger partial charge in [-0.25, -0.2) is 4.39 Å². The summed E-state index contributed by atoms with van der Waals surface area (Å²) in [5.74, 6) is 0. The molecule has 11 heavy (non-hydrogen) atoms. The smallest absolute Gasteiger partial charge is 0.115 e. The predicted molar refractivity (Wildman–Crippen MR) is 46.0 cm³/mol. The van der Waals surface area contributed by atoms with E-state index in [0.29, 0.717) is 15.6 Å². The molecule has 0 saturated heterocycles. The van der Waals surface area contributed by atoms with Gasteiger partial charge in [0.15, 0.2) is 0 Å². The Morgan fingerprint density at radius 2 is 2.00 bits per heavy atom. The topological polar surface area (TPSA) is 0 Å². The molecule has 0 aliphatic rings. The zero-order valence-electron chi connectivity index (χ0n) is 6.00. The minimum atomic E-state index is -0.497. The summed E-state index contributed by atoms with van der Waals surface area (Å²) in [5, 5.41) is 0.920. The third kappa shape index (κ3) is 1.66. The molecule has 1 aromatic carbocycles. The molecule has 0 heterocycles. The highest BCUT2D eigenvalue weighted by molar-refractivity contribution is 6.42. The van der Waals surface area contributed by atoms with Gasteiger partial charge in [0.1, 0.15) is 6.67 Å². The maximum Gasteiger partial charge on any atom is 0.115 e. The van der Waals surface area contributed by atoms with Gasteiger partial charge in [-0.1, -0.05) is 29.3 Å². The molecular weight excluding hydrogens is 186 g/mol. The number of rotatable bonds is 1. The third-order valence-corrected chi connectivity index (χ3v) is 2.49. The average Bonchev–Trinajstić information content (AvgIpc) is 2.01. The Morgan fingerprint density at radius 3 is 2.55 bits per heavy atom. The van der Waals surface area contributed by atoms with E-state index >= 15 is 0 Å². The van der Waals surface area contributed by atoms with E-state index in [1.165, 1.54) is 0 Å². The van der Waals surface area contributed by atoms with E-state index in [-0.39, 0.29) is 0 Å². The van der Waals surface area contributed by atoms with Crippen molar-refractivity contribution < 1.29 is 4.39 Å². The number of hydrogen-bond donors (Lipinski definition) is 0. The first-order valence-electron chi connectivity index (χ1n) is 3.16. The first kappa shape index (κ1) is 8.82. The van der Waals surface area contributed by atoms with Crippen LogP contribution < -0.4 is 0 Å². The van der Waals surface area contributed by atoms with Crippen LogP contribution in [0.3, 0.4) is 0 Å². The normalized spacial score (nSPS) is 10.2. The molecule has 0 saturated carbocycles. The van der Waals surface area contributed by atoms with Gasteiger partial charge in [0.2, 0.25) is 0 Å². The average molecular weight is 193 g/mol. The zero-order valence-corrected chi connectivity index (χ0v) is 7.51. The van der Waals surface area contributed by atoms with E-state index in [1.54, 1.807) is 19.1 Å². The molecule has 1 rings (SSSR count). The Hall–Kier alpha value is -0.270. The summed E-state index contributed by atoms with van der Waals surface area (Å²) >= 11 is 11.5. The molecular formula is C8H7Cl2F. The summed E-state index contributed by atoms with van der Waals surface area (Å²) in [4.78, 5) is 0. The van der Waals surface area contributed by atoms with E-state index in [4.69, 9.17) is 23.2 Å². The van der Waals surface area contributed by atoms with Crippen molar-refractivity contribution in [1.82, 2.24) is 0 Å². The molecule has 3 heteroatoms. The lowest BCUT2D eigenvalue weighted by Crippen LogP contribution is -1.86. The maximum atomic E-state index is 12.2. The van der Waals surface area contributed by atoms with Crippen LogP contribution in [0.5, 0.6) is 0 Å². The molecule has 0 radical (unpaired) electrons. The zero-order chi connectivity index (χ0) is 8.43. The Kier molecular flexibility index (Phi) is 2.74. The van der Waals surface area contributed by atoms with Crippen molar-refractivity contribution in [3.05, 3.63) is 33.3 Å². The van der Waals surface area contributed by atoms with E-state index in [1.807, 2.05) is 0 Å². The standard InChI is InChI=1S/C8H7Cl2F/c1-5-6(4-11)2-3-7(9)8(5)10/h2-3H,4H2,1H3. The lowest BCUT2D eigenvalue weighted by Gasteiger charge is -2.04. The maximum absolute atomic E-state index is 12.2. The van der Waals surface area contributed by atoms with Gasteiger partial charge in [0.25, 0.3) is 0 Å². The number of halogens is 3. The molecule has 0 nitrogen and oxygen atoms in total. The van der Waals surface area contributed by atoms with Crippen LogP contribution in [0.1, 0.15) is 11.1 Å². The van der Waals surface area contributed by atoms with Crippen LogP contribution in [0.15, 0.2) is 12.1 Å². The Labute approximate surface area is 74.9 Å². The fourth-order valence-electron chi connectivity index (χ4n) is 0.837. The second-order valence-electron chi connectivity index (χ2n) is 2.28. The summed E-state index contributed by atoms with van der Waals surface area (Å²) in [6.45, 7) is 1.26. The molecule has 0 unspecified atom stereocenters. The van der Waals surface area contributed by atoms with Gasteiger partial charge in [0, 0.05) is 0 Å². The minimum Gasteiger partial charge on any atom is -0.246 e. The van der Waals surface area contributed by atoms with Crippen molar-refractivity contribution in [3.8, 4) is 0 Å². The Morgan fingerprint density at radius 1 is 1.36 bits per heavy atom. The lowest BCUT2D eigenvalue weighted by molar-refractivity contribution is 0.483. The van der Waals surface area contributed by atoms with Gasteiger partial charge in [0.05, 0.1) is 10.0 Å². The van der Waals surface area contributed by atoms with Crippen molar-refractivity contribution in [2.75, 3.05) is 0 Å². The fourth-order valence-corrected chi connectivity index (χ4v) is 1.23. The molecule has 0 amide bonds. The first-order valence-corrected chi connectivity index (χ1v) is 3.92. The summed E-state index contributed by atoms with van der Waals surface area (Å²) in [5.41, 5.74) is 1.32. The molecule has 0 N–H and O–H groups in total. The van der Waals surface area contributed by atoms with Gasteiger partial charge < -0.3 is 0 Å². The van der Waals surface area contributed by atoms with E-state index < -0.39 is 6.67 Å². The number of benzene rings is 1. The number of alkyl halides is 1. The predicted octanol–water partition coefficient (Wildman–Crippen LogP) is 3.77. The quantitative estimate of drug-likeness (QED) is 0.636. The molecule has 0 fully saturated rings. The summed E-state index contributed by atoms with van der Waals surface area (Å²) < 4.78 is 12.2. The molecule has 1 aromatic rings. The van der Waals surface area contributed by atoms with Crippen molar-refractivity contribution in [3.63, 3.8) is 0 Å². The molecule has 60 valence electrons. The van der Waals surface area contributed by atoms with Crippen molar-refractivity contribution in [1.29, 1.82) is 0 Å². The Balaban J connectivity index is 3.25. The van der Waals surface area contributed by atoms with Crippen LogP contribution in [0.25, 0.3) is 0 Å². The largest absolute Gasteiger partial charge is 0.246 e. The van der Waals surface area contributed by atoms with Crippen LogP contribution in [-0.2, 0) is 6.67 Å². The van der Waals surface area contributed by atoms with Crippen molar-refractivity contribution >= 4 is 23.2 Å². The molecule has 0 aliphatic carbocycles. The van der Waals surface area contributed by atoms with Gasteiger partial charge in [-0.3, -0.25) is 0 Å². The van der Waals surface area contributed by atoms with Gasteiger partial charge >= 0.3 is 0 Å². The van der Waals surface area contributed by atoms with E-state index in [9.17, 15) is 4.39 Å². The molecule has 0 atom stereocenters. The molecule has 0 spiro atoms. The minimum absolute atomic E-state index is 0.446. The summed E-state index contributed by atoms with van der Waals surface area (Å²) in [6, 6.07) is 3.25. The van der Waals surface area contributed by atoms with E-state index in [2.05, 4.69) is 0 Å². The summed E-state index contributed by atoms with van der Waals surface area (Å²) in [7, 11) is 0. The van der Waals surface area contributed by atoms with Crippen LogP contribution in [0, 0.1) is 6.92 Å². The van der Waals surface area contributed by atoms with Gasteiger partial charge in [-0.05, 0) is 24.1 Å². The second-order valence-corrected chi connectivity index (χ2v) is 3.06. The highest BCUT2D eigenvalue weighted by Crippen LogP contribution is 2.27. The highest BCUT2D eigenvalue weighted by Gasteiger charge is 2.05. The van der Waals surface area contributed by atoms with Crippen molar-refractivity contribution in [2.24, 2.45) is 0 Å². The monoisotopic (exact) mass is 192 g/mol. The number of hydrogen-bond acceptors (Lipinski definition) is 0. The van der Waals surface area contributed by atoms with Crippen LogP contribution >= 0.6 is 23.2 Å². The van der Waals surface area contributed by atoms with Gasteiger partial charge in [-0.2, -0.15) is 0 Å².